The Morgan fingerprint density at radius 1 is 0.973 bits per heavy atom. The van der Waals surface area contributed by atoms with E-state index in [1.54, 1.807) is 29.2 Å². The molecule has 186 valence electrons. The molecule has 0 aromatic heterocycles. The zero-order valence-electron chi connectivity index (χ0n) is 20.4. The normalized spacial score (nSPS) is 26.2. The van der Waals surface area contributed by atoms with E-state index in [0.717, 1.165) is 22.4 Å². The Balaban J connectivity index is 1.52. The third-order valence-corrected chi connectivity index (χ3v) is 7.89. The van der Waals surface area contributed by atoms with Crippen LogP contribution in [0.3, 0.4) is 0 Å². The summed E-state index contributed by atoms with van der Waals surface area (Å²) in [5.74, 6) is -2.53. The van der Waals surface area contributed by atoms with Gasteiger partial charge >= 0.3 is 0 Å². The molecular formula is C30H26ClN3O3. The maximum atomic E-state index is 14.3. The third-order valence-electron chi connectivity index (χ3n) is 7.66. The minimum Gasteiger partial charge on any atom is -0.306 e. The molecule has 3 aliphatic rings. The lowest BCUT2D eigenvalue weighted by atomic mass is 9.76. The minimum absolute atomic E-state index is 0.226. The zero-order valence-corrected chi connectivity index (χ0v) is 21.1. The van der Waals surface area contributed by atoms with Crippen molar-refractivity contribution in [1.29, 1.82) is 0 Å². The molecule has 3 heterocycles. The van der Waals surface area contributed by atoms with Crippen LogP contribution in [0, 0.1) is 11.8 Å². The molecule has 0 saturated carbocycles. The lowest BCUT2D eigenvalue weighted by molar-refractivity contribution is -0.132. The van der Waals surface area contributed by atoms with E-state index < -0.39 is 23.4 Å². The lowest BCUT2D eigenvalue weighted by Crippen LogP contribution is -2.55. The number of nitrogens with zero attached hydrogens (tertiary/aromatic N) is 2. The summed E-state index contributed by atoms with van der Waals surface area (Å²) < 4.78 is 0. The van der Waals surface area contributed by atoms with Crippen molar-refractivity contribution in [2.75, 3.05) is 16.3 Å². The molecule has 7 heteroatoms. The number of imide groups is 1. The van der Waals surface area contributed by atoms with Gasteiger partial charge in [0.25, 0.3) is 5.91 Å². The molecule has 0 aliphatic carbocycles. The number of carbonyl (C=O) groups is 3. The molecule has 0 bridgehead atoms. The second-order valence-corrected chi connectivity index (χ2v) is 10.5. The highest BCUT2D eigenvalue weighted by atomic mass is 35.5. The number of rotatable bonds is 5. The van der Waals surface area contributed by atoms with Gasteiger partial charge in [0.05, 0.1) is 17.5 Å². The molecule has 1 N–H and O–H groups in total. The third kappa shape index (κ3) is 3.47. The highest BCUT2D eigenvalue weighted by Crippen LogP contribution is 2.55. The Hall–Kier alpha value is -3.74. The van der Waals surface area contributed by atoms with Gasteiger partial charge in [0.2, 0.25) is 11.8 Å². The van der Waals surface area contributed by atoms with E-state index >= 15 is 0 Å². The number of para-hydroxylation sites is 1. The summed E-state index contributed by atoms with van der Waals surface area (Å²) in [6.45, 7) is 6.21. The van der Waals surface area contributed by atoms with Gasteiger partial charge in [-0.2, -0.15) is 0 Å². The first-order chi connectivity index (χ1) is 17.8. The summed E-state index contributed by atoms with van der Waals surface area (Å²) in [4.78, 5) is 45.4. The predicted octanol–water partition coefficient (Wildman–Crippen LogP) is 4.48. The van der Waals surface area contributed by atoms with Crippen molar-refractivity contribution in [1.82, 2.24) is 5.32 Å². The number of fused-ring (bicyclic) bond motifs is 4. The van der Waals surface area contributed by atoms with Gasteiger partial charge in [0.15, 0.2) is 0 Å². The quantitative estimate of drug-likeness (QED) is 0.405. The highest BCUT2D eigenvalue weighted by molar-refractivity contribution is 6.31. The summed E-state index contributed by atoms with van der Waals surface area (Å²) in [5, 5.41) is 3.98. The van der Waals surface area contributed by atoms with Crippen LogP contribution >= 0.6 is 11.6 Å². The number of anilines is 2. The Morgan fingerprint density at radius 2 is 1.70 bits per heavy atom. The highest BCUT2D eigenvalue weighted by Gasteiger charge is 2.71. The van der Waals surface area contributed by atoms with Crippen LogP contribution in [0.25, 0.3) is 0 Å². The number of benzene rings is 3. The van der Waals surface area contributed by atoms with Crippen LogP contribution in [0.15, 0.2) is 91.0 Å². The van der Waals surface area contributed by atoms with Crippen molar-refractivity contribution in [3.63, 3.8) is 0 Å². The van der Waals surface area contributed by atoms with Crippen molar-refractivity contribution in [3.8, 4) is 0 Å². The number of amides is 3. The van der Waals surface area contributed by atoms with Gasteiger partial charge < -0.3 is 4.90 Å². The molecule has 3 amide bonds. The Morgan fingerprint density at radius 3 is 2.43 bits per heavy atom. The first kappa shape index (κ1) is 23.6. The predicted molar refractivity (Wildman–Crippen MR) is 143 cm³/mol. The minimum atomic E-state index is -1.35. The molecule has 4 atom stereocenters. The number of carbonyl (C=O) groups excluding carboxylic acids is 3. The van der Waals surface area contributed by atoms with Crippen LogP contribution in [-0.2, 0) is 26.3 Å². The van der Waals surface area contributed by atoms with E-state index in [1.165, 1.54) is 4.90 Å². The van der Waals surface area contributed by atoms with E-state index in [2.05, 4.69) is 11.9 Å². The fraction of sp³-hybridized carbons (Fsp3) is 0.233. The largest absolute Gasteiger partial charge is 0.306 e. The standard InChI is InChI=1S/C30H26ClN3O3/c1-18(2)17-33-24-14-7-6-13-22(24)30(29(33)37)26-25(23(32-30)15-19-9-4-3-5-10-19)27(35)34(28(26)36)21-12-8-11-20(31)16-21/h3-14,16,23,25-26,32H,1,15,17H2,2H3/t23-,25+,26-,30+/m1/s1. The maximum absolute atomic E-state index is 14.3. The fourth-order valence-electron chi connectivity index (χ4n) is 6.29. The second-order valence-electron chi connectivity index (χ2n) is 10.1. The summed E-state index contributed by atoms with van der Waals surface area (Å²) >= 11 is 6.22. The second kappa shape index (κ2) is 8.68. The molecule has 6 rings (SSSR count). The van der Waals surface area contributed by atoms with E-state index in [0.29, 0.717) is 23.7 Å². The maximum Gasteiger partial charge on any atom is 0.253 e. The number of halogens is 1. The molecule has 2 saturated heterocycles. The summed E-state index contributed by atoms with van der Waals surface area (Å²) in [6.07, 6.45) is 0.502. The van der Waals surface area contributed by atoms with E-state index in [1.807, 2.05) is 61.5 Å². The van der Waals surface area contributed by atoms with Gasteiger partial charge in [-0.05, 0) is 43.2 Å². The van der Waals surface area contributed by atoms with E-state index in [-0.39, 0.29) is 17.7 Å². The lowest BCUT2D eigenvalue weighted by Gasteiger charge is -2.31. The summed E-state index contributed by atoms with van der Waals surface area (Å²) in [6, 6.07) is 23.7. The zero-order chi connectivity index (χ0) is 25.9. The molecule has 3 aliphatic heterocycles. The van der Waals surface area contributed by atoms with Gasteiger partial charge in [-0.3, -0.25) is 19.7 Å². The van der Waals surface area contributed by atoms with Crippen molar-refractivity contribution in [2.45, 2.75) is 24.9 Å². The molecule has 6 nitrogen and oxygen atoms in total. The van der Waals surface area contributed by atoms with Gasteiger partial charge in [-0.1, -0.05) is 78.4 Å². The summed E-state index contributed by atoms with van der Waals surface area (Å²) in [7, 11) is 0. The van der Waals surface area contributed by atoms with E-state index in [9.17, 15) is 14.4 Å². The van der Waals surface area contributed by atoms with Crippen molar-refractivity contribution in [3.05, 3.63) is 107 Å². The van der Waals surface area contributed by atoms with Gasteiger partial charge in [-0.25, -0.2) is 4.90 Å². The molecule has 3 aromatic rings. The Kier molecular flexibility index (Phi) is 5.55. The molecule has 0 radical (unpaired) electrons. The average Bonchev–Trinajstić information content (AvgIpc) is 3.44. The van der Waals surface area contributed by atoms with Gasteiger partial charge in [-0.15, -0.1) is 0 Å². The van der Waals surface area contributed by atoms with Crippen LogP contribution < -0.4 is 15.1 Å². The monoisotopic (exact) mass is 511 g/mol. The Bertz CT molecular complexity index is 1460. The van der Waals surface area contributed by atoms with Crippen molar-refractivity contribution < 1.29 is 14.4 Å². The number of hydrogen-bond acceptors (Lipinski definition) is 4. The van der Waals surface area contributed by atoms with Crippen molar-refractivity contribution in [2.24, 2.45) is 11.8 Å². The molecular weight excluding hydrogens is 486 g/mol. The van der Waals surface area contributed by atoms with Crippen LogP contribution in [0.5, 0.6) is 0 Å². The molecule has 0 unspecified atom stereocenters. The molecule has 3 aromatic carbocycles. The molecule has 1 spiro atoms. The van der Waals surface area contributed by atoms with Crippen LogP contribution in [0.2, 0.25) is 5.02 Å². The molecule has 2 fully saturated rings. The molecule has 37 heavy (non-hydrogen) atoms. The Labute approximate surface area is 220 Å². The van der Waals surface area contributed by atoms with Crippen molar-refractivity contribution >= 4 is 40.7 Å². The number of hydrogen-bond donors (Lipinski definition) is 1. The first-order valence-corrected chi connectivity index (χ1v) is 12.7. The number of nitrogens with one attached hydrogen (secondary N) is 1. The smallest absolute Gasteiger partial charge is 0.253 e. The fourth-order valence-corrected chi connectivity index (χ4v) is 6.47. The SMILES string of the molecule is C=C(C)CN1C(=O)[C@]2(N[C@H](Cc3ccccc3)[C@@H]3C(=O)N(c4cccc(Cl)c4)C(=O)[C@@H]32)c2ccccc21. The van der Waals surface area contributed by atoms with Crippen LogP contribution in [0.1, 0.15) is 18.1 Å². The van der Waals surface area contributed by atoms with Crippen LogP contribution in [0.4, 0.5) is 11.4 Å². The topological polar surface area (TPSA) is 69.7 Å². The van der Waals surface area contributed by atoms with E-state index in [4.69, 9.17) is 11.6 Å². The van der Waals surface area contributed by atoms with Gasteiger partial charge in [0, 0.05) is 28.9 Å². The summed E-state index contributed by atoms with van der Waals surface area (Å²) in [5.41, 5.74) is 2.38. The first-order valence-electron chi connectivity index (χ1n) is 12.3. The average molecular weight is 512 g/mol. The van der Waals surface area contributed by atoms with Crippen LogP contribution in [-0.4, -0.2) is 30.3 Å². The van der Waals surface area contributed by atoms with Gasteiger partial charge in [0.1, 0.15) is 5.54 Å².